The number of nitrogens with one attached hydrogen (secondary N) is 1. The third kappa shape index (κ3) is 2.62. The molecule has 184 valence electrons. The van der Waals surface area contributed by atoms with Crippen LogP contribution in [0.1, 0.15) is 0 Å². The van der Waals surface area contributed by atoms with Gasteiger partial charge in [-0.05, 0) is 79.2 Å². The van der Waals surface area contributed by atoms with E-state index in [4.69, 9.17) is 0 Å². The highest BCUT2D eigenvalue weighted by Gasteiger charge is 2.18. The fourth-order valence-corrected chi connectivity index (χ4v) is 8.38. The molecule has 10 rings (SSSR count). The lowest BCUT2D eigenvalue weighted by atomic mass is 9.89. The molecule has 2 aromatic heterocycles. The number of aromatic amines is 1. The van der Waals surface area contributed by atoms with Crippen molar-refractivity contribution in [3.8, 4) is 11.1 Å². The first kappa shape index (κ1) is 21.0. The van der Waals surface area contributed by atoms with E-state index < -0.39 is 0 Å². The zero-order chi connectivity index (χ0) is 25.9. The molecular formula is C38H21NS. The molecule has 0 atom stereocenters. The van der Waals surface area contributed by atoms with Crippen molar-refractivity contribution in [3.05, 3.63) is 121 Å². The van der Waals surface area contributed by atoms with Crippen LogP contribution in [-0.4, -0.2) is 4.98 Å². The van der Waals surface area contributed by atoms with Crippen LogP contribution in [0.3, 0.4) is 0 Å². The maximum atomic E-state index is 3.84. The molecule has 2 heteroatoms. The number of H-pyrrole nitrogens is 1. The van der Waals surface area contributed by atoms with E-state index in [0.29, 0.717) is 0 Å². The predicted octanol–water partition coefficient (Wildman–Crippen LogP) is 11.4. The van der Waals surface area contributed by atoms with Crippen LogP contribution in [0.2, 0.25) is 0 Å². The first-order valence-electron chi connectivity index (χ1n) is 13.8. The van der Waals surface area contributed by atoms with Gasteiger partial charge in [-0.15, -0.1) is 11.3 Å². The van der Waals surface area contributed by atoms with Crippen molar-refractivity contribution in [2.75, 3.05) is 0 Å². The van der Waals surface area contributed by atoms with Gasteiger partial charge in [0.25, 0.3) is 0 Å². The summed E-state index contributed by atoms with van der Waals surface area (Å²) in [5.74, 6) is 0. The summed E-state index contributed by atoms with van der Waals surface area (Å²) in [7, 11) is 0. The quantitative estimate of drug-likeness (QED) is 0.206. The van der Waals surface area contributed by atoms with E-state index in [-0.39, 0.29) is 0 Å². The van der Waals surface area contributed by atoms with E-state index in [1.54, 1.807) is 0 Å². The van der Waals surface area contributed by atoms with Gasteiger partial charge >= 0.3 is 0 Å². The topological polar surface area (TPSA) is 15.8 Å². The van der Waals surface area contributed by atoms with E-state index >= 15 is 0 Å². The van der Waals surface area contributed by atoms with Gasteiger partial charge in [0.1, 0.15) is 0 Å². The minimum Gasteiger partial charge on any atom is -0.354 e. The van der Waals surface area contributed by atoms with Crippen LogP contribution in [0.15, 0.2) is 121 Å². The highest BCUT2D eigenvalue weighted by atomic mass is 32.1. The number of aromatic nitrogens is 1. The number of hydrogen-bond donors (Lipinski definition) is 1. The van der Waals surface area contributed by atoms with Crippen molar-refractivity contribution in [2.24, 2.45) is 0 Å². The Labute approximate surface area is 233 Å². The standard InChI is InChI=1S/C38H21NS/c1-3-9-25-21(7-1)13-15-28-30(18-22-8-2-4-10-26(22)36(25)28)24-17-23-14-16-29-37-33(39-32(19-24)35(23)37)20-31-27-11-5-6-12-34(27)40-38(29)31/h1-20,39H. The Morgan fingerprint density at radius 2 is 1.12 bits per heavy atom. The Morgan fingerprint density at radius 1 is 0.425 bits per heavy atom. The monoisotopic (exact) mass is 523 g/mol. The summed E-state index contributed by atoms with van der Waals surface area (Å²) >= 11 is 1.91. The third-order valence-electron chi connectivity index (χ3n) is 8.88. The minimum atomic E-state index is 1.21. The van der Waals surface area contributed by atoms with Crippen LogP contribution in [0, 0.1) is 0 Å². The summed E-state index contributed by atoms with van der Waals surface area (Å²) in [6.45, 7) is 0. The van der Waals surface area contributed by atoms with Crippen LogP contribution >= 0.6 is 11.3 Å². The molecule has 0 amide bonds. The summed E-state index contributed by atoms with van der Waals surface area (Å²) in [5, 5.41) is 15.8. The van der Waals surface area contributed by atoms with Crippen molar-refractivity contribution in [1.29, 1.82) is 0 Å². The first-order chi connectivity index (χ1) is 19.8. The van der Waals surface area contributed by atoms with Gasteiger partial charge in [0, 0.05) is 47.4 Å². The molecule has 0 saturated heterocycles. The van der Waals surface area contributed by atoms with E-state index in [2.05, 4.69) is 126 Å². The Hall–Kier alpha value is -4.92. The maximum absolute atomic E-state index is 3.84. The second kappa shape index (κ2) is 7.38. The number of benzene rings is 8. The van der Waals surface area contributed by atoms with Gasteiger partial charge in [-0.1, -0.05) is 91.0 Å². The molecule has 0 aliphatic carbocycles. The lowest BCUT2D eigenvalue weighted by Crippen LogP contribution is -1.87. The lowest BCUT2D eigenvalue weighted by molar-refractivity contribution is 1.56. The van der Waals surface area contributed by atoms with E-state index in [1.165, 1.54) is 96.2 Å². The molecule has 10 aromatic rings. The second-order valence-corrected chi connectivity index (χ2v) is 12.0. The van der Waals surface area contributed by atoms with Crippen LogP contribution in [0.5, 0.6) is 0 Å². The van der Waals surface area contributed by atoms with Gasteiger partial charge in [-0.3, -0.25) is 0 Å². The van der Waals surface area contributed by atoms with E-state index in [1.807, 2.05) is 11.3 Å². The Kier molecular flexibility index (Phi) is 3.87. The van der Waals surface area contributed by atoms with E-state index in [9.17, 15) is 0 Å². The third-order valence-corrected chi connectivity index (χ3v) is 10.1. The van der Waals surface area contributed by atoms with Crippen molar-refractivity contribution < 1.29 is 0 Å². The number of fused-ring (bicyclic) bond motifs is 9. The van der Waals surface area contributed by atoms with Crippen LogP contribution in [0.4, 0.5) is 0 Å². The maximum Gasteiger partial charge on any atom is 0.0478 e. The molecule has 1 nitrogen and oxygen atoms in total. The predicted molar refractivity (Wildman–Crippen MR) is 175 cm³/mol. The van der Waals surface area contributed by atoms with Gasteiger partial charge in [0.05, 0.1) is 0 Å². The molecule has 0 radical (unpaired) electrons. The zero-order valence-corrected chi connectivity index (χ0v) is 22.3. The largest absolute Gasteiger partial charge is 0.354 e. The van der Waals surface area contributed by atoms with Gasteiger partial charge < -0.3 is 4.98 Å². The average Bonchev–Trinajstić information content (AvgIpc) is 3.57. The van der Waals surface area contributed by atoms with Crippen LogP contribution < -0.4 is 0 Å². The molecule has 0 bridgehead atoms. The summed E-state index contributed by atoms with van der Waals surface area (Å²) in [5.41, 5.74) is 4.96. The van der Waals surface area contributed by atoms with E-state index in [0.717, 1.165) is 0 Å². The SMILES string of the molecule is c1ccc2c(c1)ccc1c(-c3cc4ccc5c6sc7ccccc7c6cc6[nH]c(c3)c4c65)cc3ccccc3c12. The smallest absolute Gasteiger partial charge is 0.0478 e. The lowest BCUT2D eigenvalue weighted by Gasteiger charge is -2.14. The molecule has 0 saturated carbocycles. The molecule has 40 heavy (non-hydrogen) atoms. The van der Waals surface area contributed by atoms with Gasteiger partial charge in [-0.2, -0.15) is 0 Å². The molecule has 0 aliphatic rings. The molecule has 0 fully saturated rings. The van der Waals surface area contributed by atoms with Gasteiger partial charge in [0.2, 0.25) is 0 Å². The molecule has 1 N–H and O–H groups in total. The molecule has 0 spiro atoms. The molecule has 2 heterocycles. The number of hydrogen-bond acceptors (Lipinski definition) is 1. The second-order valence-electron chi connectivity index (χ2n) is 11.0. The fourth-order valence-electron chi connectivity index (χ4n) is 7.17. The highest BCUT2D eigenvalue weighted by Crippen LogP contribution is 2.46. The highest BCUT2D eigenvalue weighted by molar-refractivity contribution is 7.26. The van der Waals surface area contributed by atoms with Crippen molar-refractivity contribution in [1.82, 2.24) is 4.98 Å². The summed E-state index contributed by atoms with van der Waals surface area (Å²) in [4.78, 5) is 3.84. The fraction of sp³-hybridized carbons (Fsp3) is 0. The average molecular weight is 524 g/mol. The van der Waals surface area contributed by atoms with Crippen molar-refractivity contribution in [2.45, 2.75) is 0 Å². The summed E-state index contributed by atoms with van der Waals surface area (Å²) in [6, 6.07) is 45.1. The van der Waals surface area contributed by atoms with Crippen LogP contribution in [-0.2, 0) is 0 Å². The van der Waals surface area contributed by atoms with Gasteiger partial charge in [0.15, 0.2) is 0 Å². The normalized spacial score (nSPS) is 12.5. The first-order valence-corrected chi connectivity index (χ1v) is 14.6. The van der Waals surface area contributed by atoms with Gasteiger partial charge in [-0.25, -0.2) is 0 Å². The van der Waals surface area contributed by atoms with Crippen LogP contribution in [0.25, 0.3) is 96.2 Å². The minimum absolute atomic E-state index is 1.21. The van der Waals surface area contributed by atoms with Crippen molar-refractivity contribution >= 4 is 96.4 Å². The summed E-state index contributed by atoms with van der Waals surface area (Å²) in [6.07, 6.45) is 0. The zero-order valence-electron chi connectivity index (χ0n) is 21.5. The van der Waals surface area contributed by atoms with Crippen molar-refractivity contribution in [3.63, 3.8) is 0 Å². The number of rotatable bonds is 1. The molecule has 0 aliphatic heterocycles. The Balaban J connectivity index is 1.32. The Morgan fingerprint density at radius 3 is 2.02 bits per heavy atom. The molecular weight excluding hydrogens is 502 g/mol. The Bertz CT molecular complexity index is 2630. The summed E-state index contributed by atoms with van der Waals surface area (Å²) < 4.78 is 2.73. The molecule has 8 aromatic carbocycles. The number of thiophene rings is 1. The molecule has 0 unspecified atom stereocenters.